The molecule has 0 radical (unpaired) electrons. The second-order valence-corrected chi connectivity index (χ2v) is 7.50. The number of amides is 2. The first kappa shape index (κ1) is 16.7. The Morgan fingerprint density at radius 3 is 2.61 bits per heavy atom. The van der Waals surface area contributed by atoms with Gasteiger partial charge in [0.1, 0.15) is 0 Å². The fraction of sp³-hybridized carbons (Fsp3) is 0.611. The van der Waals surface area contributed by atoms with Crippen molar-refractivity contribution < 1.29 is 4.79 Å². The van der Waals surface area contributed by atoms with E-state index in [9.17, 15) is 4.79 Å². The molecule has 23 heavy (non-hydrogen) atoms. The van der Waals surface area contributed by atoms with Crippen LogP contribution in [-0.4, -0.2) is 54.8 Å². The third kappa shape index (κ3) is 4.64. The number of thioether (sulfide) groups is 1. The van der Waals surface area contributed by atoms with Crippen LogP contribution in [-0.2, 0) is 0 Å². The Morgan fingerprint density at radius 2 is 1.91 bits per heavy atom. The van der Waals surface area contributed by atoms with Crippen molar-refractivity contribution in [1.29, 1.82) is 0 Å². The summed E-state index contributed by atoms with van der Waals surface area (Å²) in [4.78, 5) is 18.2. The summed E-state index contributed by atoms with van der Waals surface area (Å²) in [6.07, 6.45) is 7.24. The minimum absolute atomic E-state index is 0.0445. The van der Waals surface area contributed by atoms with Crippen LogP contribution >= 0.6 is 11.8 Å². The minimum Gasteiger partial charge on any atom is -0.324 e. The maximum Gasteiger partial charge on any atom is 0.321 e. The SMILES string of the molecule is CSc1ccc(NC(=O)N2CC[C@@H](CN3CCCCC3)C2)cc1. The van der Waals surface area contributed by atoms with Crippen LogP contribution in [0.4, 0.5) is 10.5 Å². The van der Waals surface area contributed by atoms with Gasteiger partial charge in [0, 0.05) is 30.2 Å². The number of urea groups is 1. The number of piperidine rings is 1. The molecule has 0 bridgehead atoms. The molecule has 1 aromatic carbocycles. The van der Waals surface area contributed by atoms with Gasteiger partial charge >= 0.3 is 6.03 Å². The number of nitrogens with zero attached hydrogens (tertiary/aromatic N) is 2. The monoisotopic (exact) mass is 333 g/mol. The number of carbonyl (C=O) groups is 1. The van der Waals surface area contributed by atoms with E-state index in [0.29, 0.717) is 5.92 Å². The van der Waals surface area contributed by atoms with Crippen LogP contribution in [0.25, 0.3) is 0 Å². The molecule has 4 nitrogen and oxygen atoms in total. The van der Waals surface area contributed by atoms with Crippen molar-refractivity contribution in [3.8, 4) is 0 Å². The van der Waals surface area contributed by atoms with Crippen molar-refractivity contribution in [2.45, 2.75) is 30.6 Å². The smallest absolute Gasteiger partial charge is 0.321 e. The van der Waals surface area contributed by atoms with Crippen LogP contribution in [0.1, 0.15) is 25.7 Å². The molecule has 2 amide bonds. The summed E-state index contributed by atoms with van der Waals surface area (Å²) in [6.45, 7) is 5.42. The largest absolute Gasteiger partial charge is 0.324 e. The first-order chi connectivity index (χ1) is 11.2. The lowest BCUT2D eigenvalue weighted by molar-refractivity contribution is 0.192. The highest BCUT2D eigenvalue weighted by atomic mass is 32.2. The van der Waals surface area contributed by atoms with Gasteiger partial charge in [-0.05, 0) is 68.8 Å². The van der Waals surface area contributed by atoms with Crippen molar-refractivity contribution in [3.05, 3.63) is 24.3 Å². The highest BCUT2D eigenvalue weighted by molar-refractivity contribution is 7.98. The highest BCUT2D eigenvalue weighted by Gasteiger charge is 2.28. The zero-order valence-corrected chi connectivity index (χ0v) is 14.8. The van der Waals surface area contributed by atoms with Crippen molar-refractivity contribution >= 4 is 23.5 Å². The van der Waals surface area contributed by atoms with Gasteiger partial charge in [0.05, 0.1) is 0 Å². The van der Waals surface area contributed by atoms with Gasteiger partial charge in [0.25, 0.3) is 0 Å². The Kier molecular flexibility index (Phi) is 5.84. The van der Waals surface area contributed by atoms with E-state index < -0.39 is 0 Å². The molecule has 0 aromatic heterocycles. The number of anilines is 1. The van der Waals surface area contributed by atoms with Crippen LogP contribution in [0.3, 0.4) is 0 Å². The lowest BCUT2D eigenvalue weighted by Crippen LogP contribution is -2.37. The van der Waals surface area contributed by atoms with E-state index >= 15 is 0 Å². The number of hydrogen-bond donors (Lipinski definition) is 1. The molecule has 2 aliphatic heterocycles. The molecule has 0 unspecified atom stereocenters. The van der Waals surface area contributed by atoms with Crippen LogP contribution in [0.15, 0.2) is 29.2 Å². The number of rotatable bonds is 4. The summed E-state index contributed by atoms with van der Waals surface area (Å²) in [6, 6.07) is 8.09. The predicted molar refractivity (Wildman–Crippen MR) is 97.2 cm³/mol. The van der Waals surface area contributed by atoms with E-state index in [0.717, 1.165) is 31.7 Å². The van der Waals surface area contributed by atoms with E-state index in [1.165, 1.54) is 37.2 Å². The number of likely N-dealkylation sites (tertiary alicyclic amines) is 2. The van der Waals surface area contributed by atoms with E-state index in [-0.39, 0.29) is 6.03 Å². The molecule has 3 rings (SSSR count). The maximum absolute atomic E-state index is 12.4. The van der Waals surface area contributed by atoms with Gasteiger partial charge in [0.2, 0.25) is 0 Å². The van der Waals surface area contributed by atoms with Gasteiger partial charge in [-0.3, -0.25) is 0 Å². The molecule has 0 saturated carbocycles. The minimum atomic E-state index is 0.0445. The van der Waals surface area contributed by atoms with Crippen molar-refractivity contribution in [1.82, 2.24) is 9.80 Å². The van der Waals surface area contributed by atoms with E-state index in [1.54, 1.807) is 11.8 Å². The van der Waals surface area contributed by atoms with Gasteiger partial charge in [-0.2, -0.15) is 0 Å². The molecular weight excluding hydrogens is 306 g/mol. The summed E-state index contributed by atoms with van der Waals surface area (Å²) in [5.41, 5.74) is 0.882. The molecule has 0 spiro atoms. The average molecular weight is 334 g/mol. The van der Waals surface area contributed by atoms with E-state index in [1.807, 2.05) is 29.2 Å². The second-order valence-electron chi connectivity index (χ2n) is 6.62. The molecular formula is C18H27N3OS. The summed E-state index contributed by atoms with van der Waals surface area (Å²) >= 11 is 1.71. The normalized spacial score (nSPS) is 22.3. The zero-order chi connectivity index (χ0) is 16.1. The molecule has 2 heterocycles. The van der Waals surface area contributed by atoms with Gasteiger partial charge in [-0.1, -0.05) is 6.42 Å². The van der Waals surface area contributed by atoms with Crippen LogP contribution in [0.5, 0.6) is 0 Å². The Labute approximate surface area is 143 Å². The first-order valence-electron chi connectivity index (χ1n) is 8.67. The summed E-state index contributed by atoms with van der Waals surface area (Å²) in [5.74, 6) is 0.637. The molecule has 126 valence electrons. The van der Waals surface area contributed by atoms with Crippen molar-refractivity contribution in [2.24, 2.45) is 5.92 Å². The Balaban J connectivity index is 1.46. The first-order valence-corrected chi connectivity index (χ1v) is 9.89. The number of nitrogens with one attached hydrogen (secondary N) is 1. The molecule has 2 fully saturated rings. The third-order valence-electron chi connectivity index (χ3n) is 4.88. The fourth-order valence-electron chi connectivity index (χ4n) is 3.55. The third-order valence-corrected chi connectivity index (χ3v) is 5.62. The standard InChI is InChI=1S/C18H27N3OS/c1-23-17-7-5-16(6-8-17)19-18(22)21-12-9-15(14-21)13-20-10-3-2-4-11-20/h5-8,15H,2-4,9-14H2,1H3,(H,19,22)/t15-/m0/s1. The van der Waals surface area contributed by atoms with Gasteiger partial charge in [0.15, 0.2) is 0 Å². The summed E-state index contributed by atoms with van der Waals surface area (Å²) in [7, 11) is 0. The van der Waals surface area contributed by atoms with Crippen LogP contribution in [0.2, 0.25) is 0 Å². The Bertz CT molecular complexity index is 514. The molecule has 1 atom stereocenters. The van der Waals surface area contributed by atoms with Gasteiger partial charge < -0.3 is 15.1 Å². The van der Waals surface area contributed by atoms with Crippen molar-refractivity contribution in [2.75, 3.05) is 44.3 Å². The summed E-state index contributed by atoms with van der Waals surface area (Å²) < 4.78 is 0. The number of carbonyl (C=O) groups excluding carboxylic acids is 1. The van der Waals surface area contributed by atoms with Gasteiger partial charge in [-0.15, -0.1) is 11.8 Å². The molecule has 2 saturated heterocycles. The molecule has 2 aliphatic rings. The Hall–Kier alpha value is -1.20. The maximum atomic E-state index is 12.4. The van der Waals surface area contributed by atoms with Crippen LogP contribution in [0, 0.1) is 5.92 Å². The topological polar surface area (TPSA) is 35.6 Å². The summed E-state index contributed by atoms with van der Waals surface area (Å²) in [5, 5.41) is 3.02. The molecule has 5 heteroatoms. The van der Waals surface area contributed by atoms with E-state index in [2.05, 4.69) is 16.5 Å². The second kappa shape index (κ2) is 8.06. The van der Waals surface area contributed by atoms with E-state index in [4.69, 9.17) is 0 Å². The van der Waals surface area contributed by atoms with Crippen molar-refractivity contribution in [3.63, 3.8) is 0 Å². The predicted octanol–water partition coefficient (Wildman–Crippen LogP) is 3.75. The van der Waals surface area contributed by atoms with Gasteiger partial charge in [-0.25, -0.2) is 4.79 Å². The molecule has 1 N–H and O–H groups in total. The molecule has 0 aliphatic carbocycles. The number of benzene rings is 1. The quantitative estimate of drug-likeness (QED) is 0.853. The zero-order valence-electron chi connectivity index (χ0n) is 14.0. The average Bonchev–Trinajstić information content (AvgIpc) is 3.05. The lowest BCUT2D eigenvalue weighted by Gasteiger charge is -2.29. The molecule has 1 aromatic rings. The van der Waals surface area contributed by atoms with Crippen LogP contribution < -0.4 is 5.32 Å². The number of hydrogen-bond acceptors (Lipinski definition) is 3. The lowest BCUT2D eigenvalue weighted by atomic mass is 10.1. The fourth-order valence-corrected chi connectivity index (χ4v) is 3.96. The highest BCUT2D eigenvalue weighted by Crippen LogP contribution is 2.22. The Morgan fingerprint density at radius 1 is 1.17 bits per heavy atom.